The minimum absolute atomic E-state index is 0.320. The van der Waals surface area contributed by atoms with E-state index in [4.69, 9.17) is 5.11 Å². The van der Waals surface area contributed by atoms with Gasteiger partial charge in [-0.3, -0.25) is 4.79 Å². The fraction of sp³-hybridized carbons (Fsp3) is 0.308. The molecule has 0 aliphatic carbocycles. The molecule has 86 valence electrons. The van der Waals surface area contributed by atoms with Crippen LogP contribution in [0.2, 0.25) is 0 Å². The Bertz CT molecular complexity index is 357. The predicted molar refractivity (Wildman–Crippen MR) is 68.4 cm³/mol. The lowest BCUT2D eigenvalue weighted by molar-refractivity contribution is -0.141. The molecule has 3 heteroatoms. The number of benzene rings is 1. The first-order valence-electron chi connectivity index (χ1n) is 5.21. The topological polar surface area (TPSA) is 37.3 Å². The Balaban J connectivity index is 2.63. The van der Waals surface area contributed by atoms with Crippen LogP contribution in [0.3, 0.4) is 0 Å². The minimum Gasteiger partial charge on any atom is -0.481 e. The average molecular weight is 283 g/mol. The maximum atomic E-state index is 11.0. The summed E-state index contributed by atoms with van der Waals surface area (Å²) in [5, 5.41) is 9.07. The molecule has 1 rings (SSSR count). The van der Waals surface area contributed by atoms with Crippen molar-refractivity contribution in [1.82, 2.24) is 0 Å². The fourth-order valence-corrected chi connectivity index (χ4v) is 1.80. The van der Waals surface area contributed by atoms with Gasteiger partial charge in [0, 0.05) is 4.47 Å². The Labute approximate surface area is 104 Å². The van der Waals surface area contributed by atoms with Crippen LogP contribution in [-0.4, -0.2) is 11.1 Å². The number of carboxylic acid groups (broad SMARTS) is 1. The first-order chi connectivity index (χ1) is 7.63. The lowest BCUT2D eigenvalue weighted by atomic mass is 9.95. The normalized spacial score (nSPS) is 12.1. The number of hydrogen-bond donors (Lipinski definition) is 1. The fourth-order valence-electron chi connectivity index (χ4n) is 1.54. The summed E-state index contributed by atoms with van der Waals surface area (Å²) in [7, 11) is 0. The SMILES string of the molecule is C=CCCC(Cc1ccc(Br)cc1)C(=O)O. The van der Waals surface area contributed by atoms with Crippen LogP contribution in [0.4, 0.5) is 0 Å². The predicted octanol–water partition coefficient (Wildman–Crippen LogP) is 3.66. The van der Waals surface area contributed by atoms with Crippen LogP contribution in [0.25, 0.3) is 0 Å². The molecule has 0 saturated carbocycles. The molecule has 0 radical (unpaired) electrons. The number of aliphatic carboxylic acids is 1. The zero-order chi connectivity index (χ0) is 12.0. The first kappa shape index (κ1) is 13.0. The van der Waals surface area contributed by atoms with Gasteiger partial charge in [-0.1, -0.05) is 34.1 Å². The van der Waals surface area contributed by atoms with E-state index in [0.29, 0.717) is 12.8 Å². The van der Waals surface area contributed by atoms with E-state index in [0.717, 1.165) is 16.5 Å². The van der Waals surface area contributed by atoms with E-state index in [9.17, 15) is 4.79 Å². The Morgan fingerprint density at radius 2 is 2.06 bits per heavy atom. The van der Waals surface area contributed by atoms with E-state index in [2.05, 4.69) is 22.5 Å². The molecule has 1 unspecified atom stereocenters. The van der Waals surface area contributed by atoms with Crippen LogP contribution in [0.5, 0.6) is 0 Å². The van der Waals surface area contributed by atoms with Crippen molar-refractivity contribution in [1.29, 1.82) is 0 Å². The summed E-state index contributed by atoms with van der Waals surface area (Å²) in [6.45, 7) is 3.61. The van der Waals surface area contributed by atoms with Gasteiger partial charge in [-0.25, -0.2) is 0 Å². The summed E-state index contributed by atoms with van der Waals surface area (Å²) in [5.41, 5.74) is 1.06. The highest BCUT2D eigenvalue weighted by Gasteiger charge is 2.16. The van der Waals surface area contributed by atoms with Gasteiger partial charge in [-0.05, 0) is 37.0 Å². The smallest absolute Gasteiger partial charge is 0.306 e. The standard InChI is InChI=1S/C13H15BrO2/c1-2-3-4-11(13(15)16)9-10-5-7-12(14)8-6-10/h2,5-8,11H,1,3-4,9H2,(H,15,16). The molecule has 0 spiro atoms. The van der Waals surface area contributed by atoms with Crippen LogP contribution in [0.1, 0.15) is 18.4 Å². The highest BCUT2D eigenvalue weighted by molar-refractivity contribution is 9.10. The summed E-state index contributed by atoms with van der Waals surface area (Å²) >= 11 is 3.35. The number of rotatable bonds is 6. The van der Waals surface area contributed by atoms with Gasteiger partial charge < -0.3 is 5.11 Å². The summed E-state index contributed by atoms with van der Waals surface area (Å²) < 4.78 is 1.01. The molecular formula is C13H15BrO2. The van der Waals surface area contributed by atoms with Crippen LogP contribution < -0.4 is 0 Å². The zero-order valence-corrected chi connectivity index (χ0v) is 10.6. The van der Waals surface area contributed by atoms with Gasteiger partial charge in [0.1, 0.15) is 0 Å². The van der Waals surface area contributed by atoms with Gasteiger partial charge in [0.15, 0.2) is 0 Å². The molecule has 1 aromatic rings. The number of carbonyl (C=O) groups is 1. The molecule has 0 amide bonds. The van der Waals surface area contributed by atoms with E-state index >= 15 is 0 Å². The van der Waals surface area contributed by atoms with Crippen molar-refractivity contribution in [2.75, 3.05) is 0 Å². The molecule has 1 atom stereocenters. The molecule has 16 heavy (non-hydrogen) atoms. The highest BCUT2D eigenvalue weighted by Crippen LogP contribution is 2.17. The molecule has 1 aromatic carbocycles. The Morgan fingerprint density at radius 3 is 2.56 bits per heavy atom. The van der Waals surface area contributed by atoms with E-state index in [1.807, 2.05) is 24.3 Å². The molecule has 0 bridgehead atoms. The van der Waals surface area contributed by atoms with Crippen LogP contribution in [-0.2, 0) is 11.2 Å². The highest BCUT2D eigenvalue weighted by atomic mass is 79.9. The lowest BCUT2D eigenvalue weighted by Crippen LogP contribution is -2.16. The molecule has 0 aromatic heterocycles. The molecule has 1 N–H and O–H groups in total. The van der Waals surface area contributed by atoms with Gasteiger partial charge >= 0.3 is 5.97 Å². The second kappa shape index (κ2) is 6.48. The Hall–Kier alpha value is -1.09. The van der Waals surface area contributed by atoms with Crippen molar-refractivity contribution in [3.8, 4) is 0 Å². The quantitative estimate of drug-likeness (QED) is 0.809. The number of allylic oxidation sites excluding steroid dienone is 1. The molecule has 2 nitrogen and oxygen atoms in total. The van der Waals surface area contributed by atoms with E-state index in [1.165, 1.54) is 0 Å². The zero-order valence-electron chi connectivity index (χ0n) is 9.03. The summed E-state index contributed by atoms with van der Waals surface area (Å²) in [4.78, 5) is 11.0. The molecule has 0 heterocycles. The largest absolute Gasteiger partial charge is 0.481 e. The van der Waals surface area contributed by atoms with Crippen molar-refractivity contribution >= 4 is 21.9 Å². The van der Waals surface area contributed by atoms with Gasteiger partial charge in [0.05, 0.1) is 5.92 Å². The van der Waals surface area contributed by atoms with Crippen molar-refractivity contribution < 1.29 is 9.90 Å². The van der Waals surface area contributed by atoms with Crippen molar-refractivity contribution in [2.24, 2.45) is 5.92 Å². The lowest BCUT2D eigenvalue weighted by Gasteiger charge is -2.11. The van der Waals surface area contributed by atoms with Crippen molar-refractivity contribution in [2.45, 2.75) is 19.3 Å². The van der Waals surface area contributed by atoms with E-state index in [-0.39, 0.29) is 5.92 Å². The minimum atomic E-state index is -0.732. The summed E-state index contributed by atoms with van der Waals surface area (Å²) in [6.07, 6.45) is 3.73. The molecule has 0 aliphatic heterocycles. The van der Waals surface area contributed by atoms with E-state index in [1.54, 1.807) is 6.08 Å². The third kappa shape index (κ3) is 4.19. The van der Waals surface area contributed by atoms with Crippen LogP contribution in [0, 0.1) is 5.92 Å². The molecule has 0 fully saturated rings. The van der Waals surface area contributed by atoms with Crippen LogP contribution >= 0.6 is 15.9 Å². The molecule has 0 aliphatic rings. The van der Waals surface area contributed by atoms with Gasteiger partial charge in [0.25, 0.3) is 0 Å². The average Bonchev–Trinajstić information content (AvgIpc) is 2.26. The third-order valence-corrected chi connectivity index (χ3v) is 2.99. The Kier molecular flexibility index (Phi) is 5.26. The summed E-state index contributed by atoms with van der Waals surface area (Å²) in [6, 6.07) is 7.77. The maximum absolute atomic E-state index is 11.0. The number of hydrogen-bond acceptors (Lipinski definition) is 1. The van der Waals surface area contributed by atoms with Crippen molar-refractivity contribution in [3.63, 3.8) is 0 Å². The molecule has 0 saturated heterocycles. The Morgan fingerprint density at radius 1 is 1.44 bits per heavy atom. The van der Waals surface area contributed by atoms with Crippen LogP contribution in [0.15, 0.2) is 41.4 Å². The van der Waals surface area contributed by atoms with Gasteiger partial charge in [-0.2, -0.15) is 0 Å². The van der Waals surface area contributed by atoms with E-state index < -0.39 is 5.97 Å². The molecular weight excluding hydrogens is 268 g/mol. The monoisotopic (exact) mass is 282 g/mol. The third-order valence-electron chi connectivity index (χ3n) is 2.46. The number of halogens is 1. The maximum Gasteiger partial charge on any atom is 0.306 e. The second-order valence-corrected chi connectivity index (χ2v) is 4.65. The summed E-state index contributed by atoms with van der Waals surface area (Å²) in [5.74, 6) is -1.05. The van der Waals surface area contributed by atoms with Gasteiger partial charge in [-0.15, -0.1) is 6.58 Å². The number of carboxylic acids is 1. The van der Waals surface area contributed by atoms with Crippen molar-refractivity contribution in [3.05, 3.63) is 47.0 Å². The van der Waals surface area contributed by atoms with Gasteiger partial charge in [0.2, 0.25) is 0 Å². The first-order valence-corrected chi connectivity index (χ1v) is 6.01. The second-order valence-electron chi connectivity index (χ2n) is 3.73.